The summed E-state index contributed by atoms with van der Waals surface area (Å²) in [6, 6.07) is 0. The highest BCUT2D eigenvalue weighted by Gasteiger charge is 2.53. The van der Waals surface area contributed by atoms with E-state index in [-0.39, 0.29) is 17.4 Å². The van der Waals surface area contributed by atoms with Crippen molar-refractivity contribution in [2.75, 3.05) is 6.54 Å². The predicted molar refractivity (Wildman–Crippen MR) is 65.3 cm³/mol. The van der Waals surface area contributed by atoms with Gasteiger partial charge in [-0.3, -0.25) is 4.79 Å². The molecule has 1 atom stereocenters. The average molecular weight is 237 g/mol. The first-order valence-electron chi connectivity index (χ1n) is 7.00. The lowest BCUT2D eigenvalue weighted by Gasteiger charge is -2.58. The summed E-state index contributed by atoms with van der Waals surface area (Å²) in [6.07, 6.45) is 7.43. The molecule has 3 heteroatoms. The van der Waals surface area contributed by atoms with E-state index in [9.17, 15) is 9.90 Å². The Bertz CT molecular complexity index is 291. The molecule has 4 fully saturated rings. The molecule has 0 aliphatic heterocycles. The largest absolute Gasteiger partial charge is 0.391 e. The fourth-order valence-electron chi connectivity index (χ4n) is 5.04. The number of rotatable bonds is 3. The maximum Gasteiger partial charge on any atom is 0.216 e. The van der Waals surface area contributed by atoms with Crippen LogP contribution in [0, 0.1) is 23.2 Å². The van der Waals surface area contributed by atoms with Gasteiger partial charge in [0.05, 0.1) is 6.10 Å². The van der Waals surface area contributed by atoms with E-state index in [0.29, 0.717) is 6.54 Å². The van der Waals surface area contributed by atoms with Crippen LogP contribution < -0.4 is 5.32 Å². The second-order valence-electron chi connectivity index (χ2n) is 6.73. The van der Waals surface area contributed by atoms with E-state index < -0.39 is 0 Å². The Kier molecular flexibility index (Phi) is 2.69. The molecule has 0 aromatic rings. The fourth-order valence-corrected chi connectivity index (χ4v) is 5.04. The van der Waals surface area contributed by atoms with Crippen molar-refractivity contribution in [1.29, 1.82) is 0 Å². The zero-order chi connectivity index (χ0) is 12.0. The minimum atomic E-state index is -0.334. The summed E-state index contributed by atoms with van der Waals surface area (Å²) in [5, 5.41) is 13.2. The number of carbonyl (C=O) groups excluding carboxylic acids is 1. The van der Waals surface area contributed by atoms with Crippen LogP contribution in [-0.4, -0.2) is 23.7 Å². The zero-order valence-corrected chi connectivity index (χ0v) is 10.6. The lowest BCUT2D eigenvalue weighted by atomic mass is 9.48. The van der Waals surface area contributed by atoms with Crippen molar-refractivity contribution in [2.24, 2.45) is 23.2 Å². The Morgan fingerprint density at radius 1 is 1.24 bits per heavy atom. The summed E-state index contributed by atoms with van der Waals surface area (Å²) >= 11 is 0. The summed E-state index contributed by atoms with van der Waals surface area (Å²) < 4.78 is 0. The van der Waals surface area contributed by atoms with Crippen LogP contribution in [0.25, 0.3) is 0 Å². The lowest BCUT2D eigenvalue weighted by molar-refractivity contribution is -0.127. The van der Waals surface area contributed by atoms with Crippen molar-refractivity contribution < 1.29 is 9.90 Å². The molecular weight excluding hydrogens is 214 g/mol. The molecule has 3 nitrogen and oxygen atoms in total. The molecule has 0 radical (unpaired) electrons. The molecule has 4 aliphatic rings. The van der Waals surface area contributed by atoms with E-state index in [1.165, 1.54) is 45.4 Å². The topological polar surface area (TPSA) is 49.3 Å². The quantitative estimate of drug-likeness (QED) is 0.785. The predicted octanol–water partition coefficient (Wildman–Crippen LogP) is 1.70. The van der Waals surface area contributed by atoms with Gasteiger partial charge < -0.3 is 10.4 Å². The van der Waals surface area contributed by atoms with E-state index in [1.54, 1.807) is 0 Å². The molecule has 17 heavy (non-hydrogen) atoms. The zero-order valence-electron chi connectivity index (χ0n) is 10.6. The standard InChI is InChI=1S/C14H23NO2/c1-9(16)15-8-13(17)14-5-10-2-11(6-14)4-12(3-10)7-14/h10-13,17H,2-8H2,1H3,(H,15,16)/t10?,11?,12?,13-,14?/m1/s1. The number of amides is 1. The molecule has 4 rings (SSSR count). The van der Waals surface area contributed by atoms with E-state index in [2.05, 4.69) is 5.32 Å². The van der Waals surface area contributed by atoms with Crippen LogP contribution in [0.15, 0.2) is 0 Å². The highest BCUT2D eigenvalue weighted by Crippen LogP contribution is 2.61. The Morgan fingerprint density at radius 2 is 1.71 bits per heavy atom. The molecule has 1 amide bonds. The van der Waals surface area contributed by atoms with Gasteiger partial charge in [-0.15, -0.1) is 0 Å². The van der Waals surface area contributed by atoms with Crippen molar-refractivity contribution in [3.63, 3.8) is 0 Å². The number of aliphatic hydroxyl groups is 1. The van der Waals surface area contributed by atoms with Gasteiger partial charge in [-0.1, -0.05) is 0 Å². The van der Waals surface area contributed by atoms with Crippen molar-refractivity contribution >= 4 is 5.91 Å². The van der Waals surface area contributed by atoms with Crippen molar-refractivity contribution in [2.45, 2.75) is 51.6 Å². The second kappa shape index (κ2) is 3.98. The number of nitrogens with one attached hydrogen (secondary N) is 1. The van der Waals surface area contributed by atoms with Gasteiger partial charge >= 0.3 is 0 Å². The summed E-state index contributed by atoms with van der Waals surface area (Å²) in [6.45, 7) is 1.97. The maximum absolute atomic E-state index is 11.0. The van der Waals surface area contributed by atoms with Crippen LogP contribution in [0.4, 0.5) is 0 Å². The SMILES string of the molecule is CC(=O)NC[C@@H](O)C12CC3CC(CC(C3)C1)C2. The summed E-state index contributed by atoms with van der Waals surface area (Å²) in [4.78, 5) is 11.0. The Labute approximate surface area is 103 Å². The minimum Gasteiger partial charge on any atom is -0.391 e. The first kappa shape index (κ1) is 11.5. The van der Waals surface area contributed by atoms with E-state index in [4.69, 9.17) is 0 Å². The Hall–Kier alpha value is -0.570. The lowest BCUT2D eigenvalue weighted by Crippen LogP contribution is -2.54. The van der Waals surface area contributed by atoms with Crippen LogP contribution in [-0.2, 0) is 4.79 Å². The second-order valence-corrected chi connectivity index (χ2v) is 6.73. The average Bonchev–Trinajstić information content (AvgIpc) is 2.23. The van der Waals surface area contributed by atoms with Crippen LogP contribution in [0.2, 0.25) is 0 Å². The number of carbonyl (C=O) groups is 1. The van der Waals surface area contributed by atoms with Gasteiger partial charge in [-0.25, -0.2) is 0 Å². The molecule has 0 aromatic heterocycles. The highest BCUT2D eigenvalue weighted by molar-refractivity contribution is 5.72. The highest BCUT2D eigenvalue weighted by atomic mass is 16.3. The number of hydrogen-bond donors (Lipinski definition) is 2. The fraction of sp³-hybridized carbons (Fsp3) is 0.929. The van der Waals surface area contributed by atoms with Crippen LogP contribution in [0.3, 0.4) is 0 Å². The van der Waals surface area contributed by atoms with Gasteiger partial charge in [0.2, 0.25) is 5.91 Å². The van der Waals surface area contributed by atoms with Crippen molar-refractivity contribution in [3.8, 4) is 0 Å². The molecule has 0 heterocycles. The number of hydrogen-bond acceptors (Lipinski definition) is 2. The summed E-state index contributed by atoms with van der Waals surface area (Å²) in [7, 11) is 0. The van der Waals surface area contributed by atoms with Crippen molar-refractivity contribution in [3.05, 3.63) is 0 Å². The first-order chi connectivity index (χ1) is 8.07. The molecule has 2 N–H and O–H groups in total. The van der Waals surface area contributed by atoms with Crippen LogP contribution in [0.5, 0.6) is 0 Å². The molecule has 0 aromatic carbocycles. The van der Waals surface area contributed by atoms with Gasteiger partial charge in [-0.2, -0.15) is 0 Å². The summed E-state index contributed by atoms with van der Waals surface area (Å²) in [5.74, 6) is 2.53. The third-order valence-electron chi connectivity index (χ3n) is 5.34. The van der Waals surface area contributed by atoms with Crippen LogP contribution >= 0.6 is 0 Å². The molecule has 4 aliphatic carbocycles. The van der Waals surface area contributed by atoms with Gasteiger partial charge in [-0.05, 0) is 61.7 Å². The minimum absolute atomic E-state index is 0.0335. The molecule has 4 saturated carbocycles. The monoisotopic (exact) mass is 237 g/mol. The van der Waals surface area contributed by atoms with E-state index in [0.717, 1.165) is 17.8 Å². The smallest absolute Gasteiger partial charge is 0.216 e. The number of aliphatic hydroxyl groups excluding tert-OH is 1. The molecule has 0 unspecified atom stereocenters. The van der Waals surface area contributed by atoms with Gasteiger partial charge in [0.1, 0.15) is 0 Å². The maximum atomic E-state index is 11.0. The normalized spacial score (nSPS) is 44.7. The third kappa shape index (κ3) is 1.99. The van der Waals surface area contributed by atoms with Gasteiger partial charge in [0.15, 0.2) is 0 Å². The molecule has 4 bridgehead atoms. The Balaban J connectivity index is 1.70. The van der Waals surface area contributed by atoms with E-state index in [1.807, 2.05) is 0 Å². The van der Waals surface area contributed by atoms with E-state index >= 15 is 0 Å². The first-order valence-corrected chi connectivity index (χ1v) is 7.00. The molecular formula is C14H23NO2. The van der Waals surface area contributed by atoms with Crippen molar-refractivity contribution in [1.82, 2.24) is 5.32 Å². The summed E-state index contributed by atoms with van der Waals surface area (Å²) in [5.41, 5.74) is 0.136. The molecule has 0 saturated heterocycles. The van der Waals surface area contributed by atoms with Gasteiger partial charge in [0.25, 0.3) is 0 Å². The molecule has 0 spiro atoms. The molecule has 96 valence electrons. The van der Waals surface area contributed by atoms with Crippen LogP contribution in [0.1, 0.15) is 45.4 Å². The van der Waals surface area contributed by atoms with Gasteiger partial charge in [0, 0.05) is 13.5 Å². The third-order valence-corrected chi connectivity index (χ3v) is 5.34. The Morgan fingerprint density at radius 3 is 2.12 bits per heavy atom.